The van der Waals surface area contributed by atoms with Gasteiger partial charge < -0.3 is 10.1 Å². The first kappa shape index (κ1) is 16.9. The molecule has 1 amide bonds. The fraction of sp³-hybridized carbons (Fsp3) is 0.533. The number of amides is 1. The van der Waals surface area contributed by atoms with Crippen molar-refractivity contribution in [2.24, 2.45) is 0 Å². The molecule has 0 unspecified atom stereocenters. The molecule has 1 atom stereocenters. The lowest BCUT2D eigenvalue weighted by Gasteiger charge is -2.34. The van der Waals surface area contributed by atoms with Gasteiger partial charge in [0.1, 0.15) is 6.04 Å². The number of nitrogens with zero attached hydrogens (tertiary/aromatic N) is 1. The Morgan fingerprint density at radius 3 is 2.68 bits per heavy atom. The normalized spacial score (nSPS) is 18.7. The standard InChI is InChI=1S/C15H22N2O4S/c1-3-22(19,20)17-11-13-7-5-4-6-12(13)10-14(17)15(18)16-8-9-21-2/h4-7,14H,3,8-11H2,1-2H3,(H,16,18)/t14-/m0/s1. The third kappa shape index (κ3) is 3.66. The second kappa shape index (κ2) is 7.21. The van der Waals surface area contributed by atoms with Crippen molar-refractivity contribution in [3.8, 4) is 0 Å². The van der Waals surface area contributed by atoms with E-state index < -0.39 is 16.1 Å². The zero-order valence-corrected chi connectivity index (χ0v) is 13.7. The largest absolute Gasteiger partial charge is 0.383 e. The molecule has 1 heterocycles. The lowest BCUT2D eigenvalue weighted by molar-refractivity contribution is -0.125. The summed E-state index contributed by atoms with van der Waals surface area (Å²) in [6.07, 6.45) is 0.397. The molecule has 1 aliphatic heterocycles. The van der Waals surface area contributed by atoms with Crippen molar-refractivity contribution in [1.29, 1.82) is 0 Å². The monoisotopic (exact) mass is 326 g/mol. The van der Waals surface area contributed by atoms with Gasteiger partial charge in [-0.3, -0.25) is 4.79 Å². The molecule has 1 aromatic carbocycles. The van der Waals surface area contributed by atoms with E-state index in [9.17, 15) is 13.2 Å². The molecule has 2 rings (SSSR count). The molecule has 0 spiro atoms. The minimum atomic E-state index is -3.45. The molecule has 0 saturated carbocycles. The number of ether oxygens (including phenoxy) is 1. The molecule has 1 N–H and O–H groups in total. The molecule has 6 nitrogen and oxygen atoms in total. The Bertz CT molecular complexity index is 630. The van der Waals surface area contributed by atoms with E-state index >= 15 is 0 Å². The summed E-state index contributed by atoms with van der Waals surface area (Å²) in [5.74, 6) is -0.291. The van der Waals surface area contributed by atoms with Gasteiger partial charge in [-0.1, -0.05) is 24.3 Å². The van der Waals surface area contributed by atoms with E-state index in [1.54, 1.807) is 14.0 Å². The van der Waals surface area contributed by atoms with Crippen LogP contribution < -0.4 is 5.32 Å². The second-order valence-corrected chi connectivity index (χ2v) is 7.43. The molecular formula is C15H22N2O4S. The third-order valence-corrected chi connectivity index (χ3v) is 5.66. The maximum atomic E-state index is 12.4. The van der Waals surface area contributed by atoms with Crippen molar-refractivity contribution in [3.05, 3.63) is 35.4 Å². The minimum Gasteiger partial charge on any atom is -0.383 e. The van der Waals surface area contributed by atoms with Crippen molar-refractivity contribution in [3.63, 3.8) is 0 Å². The first-order valence-electron chi connectivity index (χ1n) is 7.32. The minimum absolute atomic E-state index is 0.0168. The van der Waals surface area contributed by atoms with Gasteiger partial charge in [-0.15, -0.1) is 0 Å². The first-order valence-corrected chi connectivity index (χ1v) is 8.93. The van der Waals surface area contributed by atoms with Crippen LogP contribution in [0.3, 0.4) is 0 Å². The van der Waals surface area contributed by atoms with Crippen LogP contribution in [0.5, 0.6) is 0 Å². The summed E-state index contributed by atoms with van der Waals surface area (Å²) in [6, 6.07) is 6.95. The molecule has 1 aliphatic rings. The van der Waals surface area contributed by atoms with Crippen LogP contribution in [0.15, 0.2) is 24.3 Å². The summed E-state index contributed by atoms with van der Waals surface area (Å²) < 4.78 is 30.9. The van der Waals surface area contributed by atoms with Crippen LogP contribution in [-0.4, -0.2) is 50.7 Å². The molecule has 0 aromatic heterocycles. The maximum Gasteiger partial charge on any atom is 0.238 e. The highest BCUT2D eigenvalue weighted by Gasteiger charge is 2.37. The lowest BCUT2D eigenvalue weighted by Crippen LogP contribution is -2.53. The van der Waals surface area contributed by atoms with Crippen molar-refractivity contribution >= 4 is 15.9 Å². The number of benzene rings is 1. The van der Waals surface area contributed by atoms with Gasteiger partial charge in [-0.25, -0.2) is 8.42 Å². The second-order valence-electron chi connectivity index (χ2n) is 5.22. The number of hydrogen-bond acceptors (Lipinski definition) is 4. The van der Waals surface area contributed by atoms with Gasteiger partial charge in [0.15, 0.2) is 0 Å². The van der Waals surface area contributed by atoms with Gasteiger partial charge in [-0.05, 0) is 24.5 Å². The predicted molar refractivity (Wildman–Crippen MR) is 83.8 cm³/mol. The Morgan fingerprint density at radius 2 is 2.05 bits per heavy atom. The first-order chi connectivity index (χ1) is 10.5. The Labute approximate surface area is 131 Å². The molecule has 0 fully saturated rings. The summed E-state index contributed by atoms with van der Waals surface area (Å²) in [5, 5.41) is 2.74. The van der Waals surface area contributed by atoms with Gasteiger partial charge in [0, 0.05) is 20.2 Å². The van der Waals surface area contributed by atoms with Gasteiger partial charge in [0.25, 0.3) is 0 Å². The average Bonchev–Trinajstić information content (AvgIpc) is 2.53. The highest BCUT2D eigenvalue weighted by atomic mass is 32.2. The Hall–Kier alpha value is -1.44. The van der Waals surface area contributed by atoms with E-state index in [1.807, 2.05) is 24.3 Å². The summed E-state index contributed by atoms with van der Waals surface area (Å²) in [7, 11) is -1.90. The predicted octanol–water partition coefficient (Wildman–Crippen LogP) is 0.526. The summed E-state index contributed by atoms with van der Waals surface area (Å²) in [4.78, 5) is 12.4. The van der Waals surface area contributed by atoms with Gasteiger partial charge in [-0.2, -0.15) is 4.31 Å². The maximum absolute atomic E-state index is 12.4. The number of rotatable bonds is 6. The molecule has 0 saturated heterocycles. The zero-order chi connectivity index (χ0) is 16.2. The smallest absolute Gasteiger partial charge is 0.238 e. The van der Waals surface area contributed by atoms with E-state index in [1.165, 1.54) is 4.31 Å². The fourth-order valence-electron chi connectivity index (χ4n) is 2.57. The van der Waals surface area contributed by atoms with Crippen molar-refractivity contribution < 1.29 is 17.9 Å². The van der Waals surface area contributed by atoms with Crippen molar-refractivity contribution in [1.82, 2.24) is 9.62 Å². The van der Waals surface area contributed by atoms with Crippen molar-refractivity contribution in [2.75, 3.05) is 26.0 Å². The van der Waals surface area contributed by atoms with Gasteiger partial charge in [0.05, 0.1) is 12.4 Å². The third-order valence-electron chi connectivity index (χ3n) is 3.84. The highest BCUT2D eigenvalue weighted by molar-refractivity contribution is 7.89. The van der Waals surface area contributed by atoms with E-state index in [0.717, 1.165) is 11.1 Å². The van der Waals surface area contributed by atoms with Crippen LogP contribution in [0.1, 0.15) is 18.1 Å². The molecule has 22 heavy (non-hydrogen) atoms. The molecule has 7 heteroatoms. The Kier molecular flexibility index (Phi) is 5.55. The Morgan fingerprint density at radius 1 is 1.36 bits per heavy atom. The van der Waals surface area contributed by atoms with E-state index in [0.29, 0.717) is 19.6 Å². The van der Waals surface area contributed by atoms with Crippen LogP contribution in [0, 0.1) is 0 Å². The SMILES string of the molecule is CCS(=O)(=O)N1Cc2ccccc2C[C@H]1C(=O)NCCOC. The van der Waals surface area contributed by atoms with Gasteiger partial charge >= 0.3 is 0 Å². The van der Waals surface area contributed by atoms with Crippen LogP contribution in [0.25, 0.3) is 0 Å². The lowest BCUT2D eigenvalue weighted by atomic mass is 9.95. The number of hydrogen-bond donors (Lipinski definition) is 1. The fourth-order valence-corrected chi connectivity index (χ4v) is 3.80. The molecular weight excluding hydrogens is 304 g/mol. The van der Waals surface area contributed by atoms with Crippen LogP contribution >= 0.6 is 0 Å². The van der Waals surface area contributed by atoms with E-state index in [-0.39, 0.29) is 18.2 Å². The molecule has 0 bridgehead atoms. The quantitative estimate of drug-likeness (QED) is 0.774. The number of fused-ring (bicyclic) bond motifs is 1. The molecule has 1 aromatic rings. The molecule has 0 aliphatic carbocycles. The van der Waals surface area contributed by atoms with Gasteiger partial charge in [0.2, 0.25) is 15.9 Å². The number of carbonyl (C=O) groups excluding carboxylic acids is 1. The number of sulfonamides is 1. The summed E-state index contributed by atoms with van der Waals surface area (Å²) in [6.45, 7) is 2.60. The number of methoxy groups -OCH3 is 1. The van der Waals surface area contributed by atoms with Crippen molar-refractivity contribution in [2.45, 2.75) is 25.9 Å². The van der Waals surface area contributed by atoms with E-state index in [2.05, 4.69) is 5.32 Å². The zero-order valence-electron chi connectivity index (χ0n) is 12.9. The number of nitrogens with one attached hydrogen (secondary N) is 1. The molecule has 0 radical (unpaired) electrons. The topological polar surface area (TPSA) is 75.7 Å². The summed E-state index contributed by atoms with van der Waals surface area (Å²) in [5.41, 5.74) is 1.98. The Balaban J connectivity index is 2.26. The average molecular weight is 326 g/mol. The van der Waals surface area contributed by atoms with E-state index in [4.69, 9.17) is 4.74 Å². The van der Waals surface area contributed by atoms with Crippen LogP contribution in [0.4, 0.5) is 0 Å². The number of carbonyl (C=O) groups is 1. The highest BCUT2D eigenvalue weighted by Crippen LogP contribution is 2.26. The molecule has 122 valence electrons. The van der Waals surface area contributed by atoms with Crippen LogP contribution in [-0.2, 0) is 32.5 Å². The summed E-state index contributed by atoms with van der Waals surface area (Å²) >= 11 is 0. The van der Waals surface area contributed by atoms with Crippen LogP contribution in [0.2, 0.25) is 0 Å².